The third-order valence-electron chi connectivity index (χ3n) is 3.72. The minimum absolute atomic E-state index is 0.0607. The van der Waals surface area contributed by atoms with E-state index in [1.807, 2.05) is 18.2 Å². The van der Waals surface area contributed by atoms with Crippen LogP contribution in [0.1, 0.15) is 43.4 Å². The second-order valence-corrected chi connectivity index (χ2v) is 5.34. The SMILES string of the molecule is CC[C@@H](N)c1ccccc1OCCCCc1ccccc1. The minimum Gasteiger partial charge on any atom is -0.493 e. The van der Waals surface area contributed by atoms with Crippen LogP contribution in [0.4, 0.5) is 0 Å². The first kappa shape index (κ1) is 15.6. The molecule has 0 heterocycles. The summed E-state index contributed by atoms with van der Waals surface area (Å²) in [5, 5.41) is 0. The molecule has 0 bridgehead atoms. The molecule has 1 atom stereocenters. The van der Waals surface area contributed by atoms with Gasteiger partial charge in [0.2, 0.25) is 0 Å². The number of rotatable bonds is 8. The van der Waals surface area contributed by atoms with Gasteiger partial charge in [-0.15, -0.1) is 0 Å². The van der Waals surface area contributed by atoms with Gasteiger partial charge in [-0.1, -0.05) is 55.5 Å². The monoisotopic (exact) mass is 283 g/mol. The fourth-order valence-electron chi connectivity index (χ4n) is 2.40. The lowest BCUT2D eigenvalue weighted by molar-refractivity contribution is 0.302. The first-order valence-electron chi connectivity index (χ1n) is 7.82. The molecular weight excluding hydrogens is 258 g/mol. The molecule has 2 aromatic carbocycles. The molecule has 0 radical (unpaired) electrons. The molecule has 0 unspecified atom stereocenters. The van der Waals surface area contributed by atoms with Crippen LogP contribution in [-0.2, 0) is 6.42 Å². The van der Waals surface area contributed by atoms with Crippen LogP contribution in [0.2, 0.25) is 0 Å². The molecule has 0 aromatic heterocycles. The molecule has 112 valence electrons. The van der Waals surface area contributed by atoms with Crippen molar-refractivity contribution in [1.82, 2.24) is 0 Å². The van der Waals surface area contributed by atoms with Gasteiger partial charge in [0.15, 0.2) is 0 Å². The van der Waals surface area contributed by atoms with Gasteiger partial charge in [0, 0.05) is 11.6 Å². The molecule has 0 amide bonds. The van der Waals surface area contributed by atoms with Gasteiger partial charge < -0.3 is 10.5 Å². The lowest BCUT2D eigenvalue weighted by atomic mass is 10.0. The van der Waals surface area contributed by atoms with Gasteiger partial charge in [-0.05, 0) is 37.3 Å². The van der Waals surface area contributed by atoms with Crippen molar-refractivity contribution in [2.24, 2.45) is 5.73 Å². The second-order valence-electron chi connectivity index (χ2n) is 5.34. The summed E-state index contributed by atoms with van der Waals surface area (Å²) in [4.78, 5) is 0. The maximum Gasteiger partial charge on any atom is 0.124 e. The van der Waals surface area contributed by atoms with E-state index in [0.717, 1.165) is 43.6 Å². The van der Waals surface area contributed by atoms with E-state index in [1.165, 1.54) is 5.56 Å². The van der Waals surface area contributed by atoms with Crippen molar-refractivity contribution in [2.75, 3.05) is 6.61 Å². The van der Waals surface area contributed by atoms with Crippen LogP contribution in [0.25, 0.3) is 0 Å². The van der Waals surface area contributed by atoms with E-state index in [2.05, 4.69) is 43.3 Å². The van der Waals surface area contributed by atoms with Crippen molar-refractivity contribution in [1.29, 1.82) is 0 Å². The standard InChI is InChI=1S/C19H25NO/c1-2-18(20)17-13-6-7-14-19(17)21-15-9-8-12-16-10-4-3-5-11-16/h3-7,10-11,13-14,18H,2,8-9,12,15,20H2,1H3/t18-/m1/s1. The smallest absolute Gasteiger partial charge is 0.124 e. The topological polar surface area (TPSA) is 35.2 Å². The van der Waals surface area contributed by atoms with Crippen LogP contribution in [0, 0.1) is 0 Å². The zero-order valence-corrected chi connectivity index (χ0v) is 12.8. The average molecular weight is 283 g/mol. The maximum absolute atomic E-state index is 6.12. The van der Waals surface area contributed by atoms with Gasteiger partial charge in [-0.3, -0.25) is 0 Å². The average Bonchev–Trinajstić information content (AvgIpc) is 2.55. The number of para-hydroxylation sites is 1. The molecule has 0 saturated heterocycles. The van der Waals surface area contributed by atoms with Crippen LogP contribution in [0.5, 0.6) is 5.75 Å². The lowest BCUT2D eigenvalue weighted by Gasteiger charge is -2.15. The van der Waals surface area contributed by atoms with E-state index in [9.17, 15) is 0 Å². The molecule has 2 rings (SSSR count). The number of hydrogen-bond donors (Lipinski definition) is 1. The fourth-order valence-corrected chi connectivity index (χ4v) is 2.40. The van der Waals surface area contributed by atoms with Gasteiger partial charge in [0.25, 0.3) is 0 Å². The van der Waals surface area contributed by atoms with E-state index in [1.54, 1.807) is 0 Å². The van der Waals surface area contributed by atoms with Gasteiger partial charge in [-0.2, -0.15) is 0 Å². The molecule has 2 N–H and O–H groups in total. The van der Waals surface area contributed by atoms with E-state index in [0.29, 0.717) is 0 Å². The zero-order chi connectivity index (χ0) is 14.9. The third-order valence-corrected chi connectivity index (χ3v) is 3.72. The van der Waals surface area contributed by atoms with Crippen molar-refractivity contribution < 1.29 is 4.74 Å². The Morgan fingerprint density at radius 1 is 0.952 bits per heavy atom. The third kappa shape index (κ3) is 4.91. The number of benzene rings is 2. The van der Waals surface area contributed by atoms with Crippen molar-refractivity contribution in [2.45, 2.75) is 38.6 Å². The Kier molecular flexibility index (Phi) is 6.29. The highest BCUT2D eigenvalue weighted by Gasteiger charge is 2.09. The molecule has 0 saturated carbocycles. The summed E-state index contributed by atoms with van der Waals surface area (Å²) in [7, 11) is 0. The lowest BCUT2D eigenvalue weighted by Crippen LogP contribution is -2.11. The summed E-state index contributed by atoms with van der Waals surface area (Å²) in [5.41, 5.74) is 8.63. The highest BCUT2D eigenvalue weighted by atomic mass is 16.5. The molecule has 2 heteroatoms. The normalized spacial score (nSPS) is 12.1. The Morgan fingerprint density at radius 2 is 1.67 bits per heavy atom. The summed E-state index contributed by atoms with van der Waals surface area (Å²) in [6.45, 7) is 2.85. The van der Waals surface area contributed by atoms with Gasteiger partial charge >= 0.3 is 0 Å². The highest BCUT2D eigenvalue weighted by Crippen LogP contribution is 2.25. The Labute approximate surface area is 127 Å². The van der Waals surface area contributed by atoms with E-state index in [-0.39, 0.29) is 6.04 Å². The Bertz CT molecular complexity index is 524. The Morgan fingerprint density at radius 3 is 2.43 bits per heavy atom. The van der Waals surface area contributed by atoms with Crippen LogP contribution < -0.4 is 10.5 Å². The van der Waals surface area contributed by atoms with Crippen molar-refractivity contribution >= 4 is 0 Å². The summed E-state index contributed by atoms with van der Waals surface area (Å²) in [6.07, 6.45) is 4.24. The zero-order valence-electron chi connectivity index (χ0n) is 12.8. The molecule has 21 heavy (non-hydrogen) atoms. The van der Waals surface area contributed by atoms with Crippen LogP contribution in [0.3, 0.4) is 0 Å². The predicted molar refractivity (Wildman–Crippen MR) is 88.5 cm³/mol. The van der Waals surface area contributed by atoms with Gasteiger partial charge in [-0.25, -0.2) is 0 Å². The van der Waals surface area contributed by atoms with Crippen LogP contribution in [-0.4, -0.2) is 6.61 Å². The predicted octanol–water partition coefficient (Wildman–Crippen LogP) is 4.50. The van der Waals surface area contributed by atoms with Crippen molar-refractivity contribution in [3.63, 3.8) is 0 Å². The molecular formula is C19H25NO. The molecule has 0 spiro atoms. The molecule has 0 aliphatic carbocycles. The molecule has 2 nitrogen and oxygen atoms in total. The second kappa shape index (κ2) is 8.48. The largest absolute Gasteiger partial charge is 0.493 e. The maximum atomic E-state index is 6.12. The number of ether oxygens (including phenoxy) is 1. The van der Waals surface area contributed by atoms with Crippen LogP contribution >= 0.6 is 0 Å². The van der Waals surface area contributed by atoms with E-state index < -0.39 is 0 Å². The van der Waals surface area contributed by atoms with E-state index >= 15 is 0 Å². The number of nitrogens with two attached hydrogens (primary N) is 1. The van der Waals surface area contributed by atoms with E-state index in [4.69, 9.17) is 10.5 Å². The molecule has 0 fully saturated rings. The summed E-state index contributed by atoms with van der Waals surface area (Å²) in [5.74, 6) is 0.937. The molecule has 0 aliphatic heterocycles. The summed E-state index contributed by atoms with van der Waals surface area (Å²) in [6, 6.07) is 18.8. The Balaban J connectivity index is 1.76. The highest BCUT2D eigenvalue weighted by molar-refractivity contribution is 5.35. The number of unbranched alkanes of at least 4 members (excludes halogenated alkanes) is 1. The minimum atomic E-state index is 0.0607. The first-order valence-corrected chi connectivity index (χ1v) is 7.82. The van der Waals surface area contributed by atoms with Crippen molar-refractivity contribution in [3.8, 4) is 5.75 Å². The van der Waals surface area contributed by atoms with Gasteiger partial charge in [0.05, 0.1) is 6.61 Å². The summed E-state index contributed by atoms with van der Waals surface area (Å²) >= 11 is 0. The fraction of sp³-hybridized carbons (Fsp3) is 0.368. The molecule has 0 aliphatic rings. The van der Waals surface area contributed by atoms with Gasteiger partial charge in [0.1, 0.15) is 5.75 Å². The number of aryl methyl sites for hydroxylation is 1. The van der Waals surface area contributed by atoms with Crippen molar-refractivity contribution in [3.05, 3.63) is 65.7 Å². The summed E-state index contributed by atoms with van der Waals surface area (Å²) < 4.78 is 5.92. The number of hydrogen-bond acceptors (Lipinski definition) is 2. The first-order chi connectivity index (χ1) is 10.3. The molecule has 2 aromatic rings. The van der Waals surface area contributed by atoms with Crippen LogP contribution in [0.15, 0.2) is 54.6 Å². The Hall–Kier alpha value is -1.80. The quantitative estimate of drug-likeness (QED) is 0.724.